The zero-order valence-electron chi connectivity index (χ0n) is 11.4. The van der Waals surface area contributed by atoms with E-state index in [0.717, 1.165) is 14.9 Å². The Morgan fingerprint density at radius 3 is 2.29 bits per heavy atom. The summed E-state index contributed by atoms with van der Waals surface area (Å²) in [6.45, 7) is 2.13. The number of benzene rings is 3. The van der Waals surface area contributed by atoms with Crippen molar-refractivity contribution in [2.24, 2.45) is 0 Å². The molecule has 3 rings (SSSR count). The molecule has 0 amide bonds. The highest BCUT2D eigenvalue weighted by Gasteiger charge is 2.16. The highest BCUT2D eigenvalue weighted by molar-refractivity contribution is 9.10. The van der Waals surface area contributed by atoms with Gasteiger partial charge in [0.25, 0.3) is 0 Å². The molecule has 0 aliphatic carbocycles. The van der Waals surface area contributed by atoms with Gasteiger partial charge in [-0.05, 0) is 47.2 Å². The number of aryl methyl sites for hydroxylation is 1. The monoisotopic (exact) mass is 422 g/mol. The third-order valence-electron chi connectivity index (χ3n) is 3.68. The minimum atomic E-state index is 0.146. The van der Waals surface area contributed by atoms with Crippen LogP contribution >= 0.6 is 43.5 Å². The van der Waals surface area contributed by atoms with Crippen LogP contribution in [0.15, 0.2) is 59.1 Å². The Morgan fingerprint density at radius 2 is 1.57 bits per heavy atom. The van der Waals surface area contributed by atoms with Crippen LogP contribution in [0.3, 0.4) is 0 Å². The molecule has 0 bridgehead atoms. The van der Waals surface area contributed by atoms with E-state index >= 15 is 0 Å². The smallest absolute Gasteiger partial charge is 0.0653 e. The van der Waals surface area contributed by atoms with E-state index in [4.69, 9.17) is 11.6 Å². The molecule has 0 aliphatic rings. The molecule has 3 aromatic rings. The standard InChI is InChI=1S/C18H13Br2Cl/c1-11-10-12(19)6-7-13(11)18(20)16-8-9-17(21)15-5-3-2-4-14(15)16/h2-10,18H,1H3. The summed E-state index contributed by atoms with van der Waals surface area (Å²) in [4.78, 5) is 0.146. The van der Waals surface area contributed by atoms with E-state index in [9.17, 15) is 0 Å². The van der Waals surface area contributed by atoms with Crippen molar-refractivity contribution < 1.29 is 0 Å². The fourth-order valence-corrected chi connectivity index (χ4v) is 4.21. The lowest BCUT2D eigenvalue weighted by atomic mass is 9.96. The van der Waals surface area contributed by atoms with Crippen molar-refractivity contribution in [2.45, 2.75) is 11.8 Å². The predicted molar refractivity (Wildman–Crippen MR) is 98.6 cm³/mol. The molecule has 0 N–H and O–H groups in total. The van der Waals surface area contributed by atoms with Gasteiger partial charge in [0, 0.05) is 14.9 Å². The van der Waals surface area contributed by atoms with Gasteiger partial charge in [0.05, 0.1) is 4.83 Å². The van der Waals surface area contributed by atoms with Crippen LogP contribution in [0.5, 0.6) is 0 Å². The average molecular weight is 425 g/mol. The van der Waals surface area contributed by atoms with Crippen LogP contribution in [0.1, 0.15) is 21.5 Å². The summed E-state index contributed by atoms with van der Waals surface area (Å²) >= 11 is 13.7. The zero-order valence-corrected chi connectivity index (χ0v) is 15.3. The maximum Gasteiger partial charge on any atom is 0.0653 e. The Morgan fingerprint density at radius 1 is 0.905 bits per heavy atom. The van der Waals surface area contributed by atoms with Gasteiger partial charge < -0.3 is 0 Å². The summed E-state index contributed by atoms with van der Waals surface area (Å²) in [5, 5.41) is 3.08. The van der Waals surface area contributed by atoms with E-state index in [1.165, 1.54) is 22.1 Å². The number of rotatable bonds is 2. The molecular formula is C18H13Br2Cl. The molecule has 21 heavy (non-hydrogen) atoms. The number of fused-ring (bicyclic) bond motifs is 1. The first kappa shape index (κ1) is 15.1. The van der Waals surface area contributed by atoms with Crippen LogP contribution in [-0.2, 0) is 0 Å². The van der Waals surface area contributed by atoms with Gasteiger partial charge in [-0.2, -0.15) is 0 Å². The lowest BCUT2D eigenvalue weighted by Gasteiger charge is -2.17. The predicted octanol–water partition coefficient (Wildman–Crippen LogP) is 7.05. The second-order valence-corrected chi connectivity index (χ2v) is 7.28. The zero-order chi connectivity index (χ0) is 15.0. The Balaban J connectivity index is 2.18. The third-order valence-corrected chi connectivity index (χ3v) is 5.49. The lowest BCUT2D eigenvalue weighted by molar-refractivity contribution is 1.16. The Kier molecular flexibility index (Phi) is 4.39. The molecule has 3 aromatic carbocycles. The van der Waals surface area contributed by atoms with Crippen molar-refractivity contribution in [3.8, 4) is 0 Å². The van der Waals surface area contributed by atoms with E-state index in [1.807, 2.05) is 12.1 Å². The topological polar surface area (TPSA) is 0 Å². The fraction of sp³-hybridized carbons (Fsp3) is 0.111. The number of halogens is 3. The largest absolute Gasteiger partial charge is 0.0837 e. The summed E-state index contributed by atoms with van der Waals surface area (Å²) in [6.07, 6.45) is 0. The quantitative estimate of drug-likeness (QED) is 0.387. The Labute approximate surface area is 146 Å². The fourth-order valence-electron chi connectivity index (χ4n) is 2.60. The van der Waals surface area contributed by atoms with Crippen molar-refractivity contribution in [1.29, 1.82) is 0 Å². The molecule has 106 valence electrons. The normalized spacial score (nSPS) is 12.6. The van der Waals surface area contributed by atoms with Gasteiger partial charge in [-0.1, -0.05) is 79.9 Å². The molecule has 0 aromatic heterocycles. The molecule has 0 spiro atoms. The van der Waals surface area contributed by atoms with E-state index in [0.29, 0.717) is 0 Å². The van der Waals surface area contributed by atoms with Crippen molar-refractivity contribution in [2.75, 3.05) is 0 Å². The van der Waals surface area contributed by atoms with E-state index in [1.54, 1.807) is 0 Å². The summed E-state index contributed by atoms with van der Waals surface area (Å²) in [5.41, 5.74) is 3.76. The second-order valence-electron chi connectivity index (χ2n) is 5.05. The van der Waals surface area contributed by atoms with Gasteiger partial charge in [-0.25, -0.2) is 0 Å². The molecule has 1 unspecified atom stereocenters. The SMILES string of the molecule is Cc1cc(Br)ccc1C(Br)c1ccc(Cl)c2ccccc12. The first-order valence-corrected chi connectivity index (χ1v) is 8.74. The summed E-state index contributed by atoms with van der Waals surface area (Å²) < 4.78 is 1.10. The minimum absolute atomic E-state index is 0.146. The maximum atomic E-state index is 6.31. The van der Waals surface area contributed by atoms with Crippen molar-refractivity contribution >= 4 is 54.2 Å². The van der Waals surface area contributed by atoms with Gasteiger partial charge in [0.15, 0.2) is 0 Å². The molecule has 0 radical (unpaired) electrons. The molecule has 3 heteroatoms. The molecule has 0 aliphatic heterocycles. The van der Waals surface area contributed by atoms with Crippen LogP contribution in [-0.4, -0.2) is 0 Å². The molecular weight excluding hydrogens is 411 g/mol. The molecule has 1 atom stereocenters. The van der Waals surface area contributed by atoms with Gasteiger partial charge in [-0.3, -0.25) is 0 Å². The van der Waals surface area contributed by atoms with Gasteiger partial charge in [0.1, 0.15) is 0 Å². The van der Waals surface area contributed by atoms with Crippen molar-refractivity contribution in [1.82, 2.24) is 0 Å². The average Bonchev–Trinajstić information content (AvgIpc) is 2.47. The van der Waals surface area contributed by atoms with Crippen LogP contribution in [0.4, 0.5) is 0 Å². The molecule has 0 saturated carbocycles. The van der Waals surface area contributed by atoms with Gasteiger partial charge in [0.2, 0.25) is 0 Å². The first-order valence-electron chi connectivity index (χ1n) is 6.65. The molecule has 0 fully saturated rings. The Hall–Kier alpha value is -0.830. The summed E-state index contributed by atoms with van der Waals surface area (Å²) in [7, 11) is 0. The number of hydrogen-bond acceptors (Lipinski definition) is 0. The third kappa shape index (κ3) is 2.90. The highest BCUT2D eigenvalue weighted by atomic mass is 79.9. The molecule has 0 nitrogen and oxygen atoms in total. The Bertz CT molecular complexity index is 811. The number of alkyl halides is 1. The van der Waals surface area contributed by atoms with Crippen molar-refractivity contribution in [3.05, 3.63) is 80.8 Å². The molecule has 0 saturated heterocycles. The summed E-state index contributed by atoms with van der Waals surface area (Å²) in [5.74, 6) is 0. The van der Waals surface area contributed by atoms with Crippen molar-refractivity contribution in [3.63, 3.8) is 0 Å². The maximum absolute atomic E-state index is 6.31. The lowest BCUT2D eigenvalue weighted by Crippen LogP contribution is -1.97. The first-order chi connectivity index (χ1) is 10.1. The van der Waals surface area contributed by atoms with Crippen LogP contribution in [0.2, 0.25) is 5.02 Å². The van der Waals surface area contributed by atoms with Crippen LogP contribution in [0, 0.1) is 6.92 Å². The van der Waals surface area contributed by atoms with Crippen LogP contribution in [0.25, 0.3) is 10.8 Å². The second kappa shape index (κ2) is 6.12. The van der Waals surface area contributed by atoms with E-state index < -0.39 is 0 Å². The van der Waals surface area contributed by atoms with Crippen LogP contribution < -0.4 is 0 Å². The van der Waals surface area contributed by atoms with E-state index in [-0.39, 0.29) is 4.83 Å². The summed E-state index contributed by atoms with van der Waals surface area (Å²) in [6, 6.07) is 18.7. The number of hydrogen-bond donors (Lipinski definition) is 0. The highest BCUT2D eigenvalue weighted by Crippen LogP contribution is 2.39. The minimum Gasteiger partial charge on any atom is -0.0837 e. The van der Waals surface area contributed by atoms with Gasteiger partial charge in [-0.15, -0.1) is 0 Å². The van der Waals surface area contributed by atoms with Gasteiger partial charge >= 0.3 is 0 Å². The molecule has 0 heterocycles. The van der Waals surface area contributed by atoms with E-state index in [2.05, 4.69) is 81.2 Å².